The molecule has 0 fully saturated rings. The Morgan fingerprint density at radius 3 is 2.67 bits per heavy atom. The summed E-state index contributed by atoms with van der Waals surface area (Å²) in [6.45, 7) is 3.34. The number of aromatic nitrogens is 2. The molecule has 2 rings (SSSR count). The summed E-state index contributed by atoms with van der Waals surface area (Å²) in [5.74, 6) is 2.52. The zero-order valence-electron chi connectivity index (χ0n) is 12.3. The van der Waals surface area contributed by atoms with E-state index >= 15 is 0 Å². The van der Waals surface area contributed by atoms with Crippen LogP contribution < -0.4 is 9.47 Å². The second-order valence-corrected chi connectivity index (χ2v) is 5.03. The van der Waals surface area contributed by atoms with E-state index in [4.69, 9.17) is 18.6 Å². The lowest BCUT2D eigenvalue weighted by Gasteiger charge is -2.07. The number of methoxy groups -OCH3 is 2. The molecule has 0 atom stereocenters. The molecule has 7 heteroatoms. The molecule has 0 saturated carbocycles. The largest absolute Gasteiger partial charge is 0.493 e. The lowest BCUT2D eigenvalue weighted by molar-refractivity contribution is 0.164. The van der Waals surface area contributed by atoms with Gasteiger partial charge in [0.15, 0.2) is 11.5 Å². The van der Waals surface area contributed by atoms with E-state index in [9.17, 15) is 0 Å². The van der Waals surface area contributed by atoms with Crippen molar-refractivity contribution in [3.63, 3.8) is 0 Å². The average molecular weight is 310 g/mol. The maximum atomic E-state index is 5.61. The first kappa shape index (κ1) is 15.7. The number of hydrogen-bond donors (Lipinski definition) is 0. The fourth-order valence-corrected chi connectivity index (χ4v) is 2.30. The van der Waals surface area contributed by atoms with Crippen LogP contribution in [0.1, 0.15) is 6.92 Å². The van der Waals surface area contributed by atoms with Gasteiger partial charge in [-0.1, -0.05) is 11.8 Å². The van der Waals surface area contributed by atoms with Gasteiger partial charge in [0.05, 0.1) is 20.8 Å². The predicted molar refractivity (Wildman–Crippen MR) is 80.1 cm³/mol. The second-order valence-electron chi connectivity index (χ2n) is 3.99. The third-order valence-electron chi connectivity index (χ3n) is 2.69. The molecule has 0 N–H and O–H groups in total. The molecule has 0 aliphatic heterocycles. The number of ether oxygens (including phenoxy) is 3. The van der Waals surface area contributed by atoms with E-state index in [0.29, 0.717) is 35.8 Å². The van der Waals surface area contributed by atoms with E-state index in [0.717, 1.165) is 11.3 Å². The minimum Gasteiger partial charge on any atom is -0.493 e. The van der Waals surface area contributed by atoms with Gasteiger partial charge in [-0.3, -0.25) is 0 Å². The molecule has 0 aliphatic rings. The van der Waals surface area contributed by atoms with Crippen molar-refractivity contribution in [3.8, 4) is 23.0 Å². The van der Waals surface area contributed by atoms with Gasteiger partial charge in [0.25, 0.3) is 5.22 Å². The molecular formula is C14H18N2O4S. The first-order chi connectivity index (χ1) is 10.3. The van der Waals surface area contributed by atoms with Crippen molar-refractivity contribution in [2.45, 2.75) is 12.1 Å². The molecule has 1 aromatic carbocycles. The maximum Gasteiger partial charge on any atom is 0.276 e. The van der Waals surface area contributed by atoms with Gasteiger partial charge in [0.2, 0.25) is 5.89 Å². The van der Waals surface area contributed by atoms with Crippen LogP contribution in [0.4, 0.5) is 0 Å². The highest BCUT2D eigenvalue weighted by Gasteiger charge is 2.12. The van der Waals surface area contributed by atoms with E-state index in [-0.39, 0.29) is 0 Å². The van der Waals surface area contributed by atoms with Gasteiger partial charge in [-0.2, -0.15) is 0 Å². The van der Waals surface area contributed by atoms with Crippen molar-refractivity contribution >= 4 is 11.8 Å². The SMILES string of the molecule is CCOCCSc1nnc(-c2ccc(OC)c(OC)c2)o1. The Labute approximate surface area is 127 Å². The molecule has 0 amide bonds. The topological polar surface area (TPSA) is 66.6 Å². The summed E-state index contributed by atoms with van der Waals surface area (Å²) in [5, 5.41) is 8.58. The second kappa shape index (κ2) is 7.90. The minimum absolute atomic E-state index is 0.454. The van der Waals surface area contributed by atoms with E-state index in [1.54, 1.807) is 26.4 Å². The molecule has 21 heavy (non-hydrogen) atoms. The van der Waals surface area contributed by atoms with Gasteiger partial charge in [0.1, 0.15) is 0 Å². The summed E-state index contributed by atoms with van der Waals surface area (Å²) in [7, 11) is 3.18. The predicted octanol–water partition coefficient (Wildman–Crippen LogP) is 2.88. The molecule has 114 valence electrons. The van der Waals surface area contributed by atoms with Crippen LogP contribution in [-0.4, -0.2) is 43.4 Å². The lowest BCUT2D eigenvalue weighted by atomic mass is 10.2. The van der Waals surface area contributed by atoms with Crippen molar-refractivity contribution in [2.75, 3.05) is 33.2 Å². The Kier molecular flexibility index (Phi) is 5.89. The Hall–Kier alpha value is -1.73. The highest BCUT2D eigenvalue weighted by molar-refractivity contribution is 7.99. The van der Waals surface area contributed by atoms with Crippen LogP contribution in [0.15, 0.2) is 27.8 Å². The summed E-state index contributed by atoms with van der Waals surface area (Å²) >= 11 is 1.47. The summed E-state index contributed by atoms with van der Waals surface area (Å²) in [6.07, 6.45) is 0. The fraction of sp³-hybridized carbons (Fsp3) is 0.429. The first-order valence-corrected chi connectivity index (χ1v) is 7.53. The smallest absolute Gasteiger partial charge is 0.276 e. The van der Waals surface area contributed by atoms with Crippen LogP contribution in [0.5, 0.6) is 11.5 Å². The molecule has 1 aromatic heterocycles. The molecular weight excluding hydrogens is 292 g/mol. The molecule has 0 spiro atoms. The first-order valence-electron chi connectivity index (χ1n) is 6.55. The summed E-state index contributed by atoms with van der Waals surface area (Å²) < 4.78 is 21.3. The normalized spacial score (nSPS) is 10.6. The molecule has 2 aromatic rings. The van der Waals surface area contributed by atoms with Crippen LogP contribution in [0.25, 0.3) is 11.5 Å². The van der Waals surface area contributed by atoms with Gasteiger partial charge in [0, 0.05) is 17.9 Å². The van der Waals surface area contributed by atoms with Crippen molar-refractivity contribution in [2.24, 2.45) is 0 Å². The van der Waals surface area contributed by atoms with Gasteiger partial charge in [-0.15, -0.1) is 10.2 Å². The third-order valence-corrected chi connectivity index (χ3v) is 3.48. The highest BCUT2D eigenvalue weighted by Crippen LogP contribution is 2.32. The summed E-state index contributed by atoms with van der Waals surface area (Å²) in [6, 6.07) is 5.46. The molecule has 0 bridgehead atoms. The molecule has 6 nitrogen and oxygen atoms in total. The van der Waals surface area contributed by atoms with Crippen LogP contribution in [0, 0.1) is 0 Å². The van der Waals surface area contributed by atoms with Crippen LogP contribution in [0.2, 0.25) is 0 Å². The average Bonchev–Trinajstić information content (AvgIpc) is 2.99. The van der Waals surface area contributed by atoms with Gasteiger partial charge in [-0.25, -0.2) is 0 Å². The Balaban J connectivity index is 2.06. The van der Waals surface area contributed by atoms with Gasteiger partial charge in [-0.05, 0) is 25.1 Å². The summed E-state index contributed by atoms with van der Waals surface area (Å²) in [4.78, 5) is 0. The number of thioether (sulfide) groups is 1. The Bertz CT molecular complexity index is 574. The van der Waals surface area contributed by atoms with E-state index in [1.807, 2.05) is 13.0 Å². The Morgan fingerprint density at radius 1 is 1.14 bits per heavy atom. The number of rotatable bonds is 8. The van der Waals surface area contributed by atoms with Gasteiger partial charge >= 0.3 is 0 Å². The zero-order valence-corrected chi connectivity index (χ0v) is 13.1. The third kappa shape index (κ3) is 4.12. The van der Waals surface area contributed by atoms with Crippen LogP contribution >= 0.6 is 11.8 Å². The standard InChI is InChI=1S/C14H18N2O4S/c1-4-19-7-8-21-14-16-15-13(20-14)10-5-6-11(17-2)12(9-10)18-3/h5-6,9H,4,7-8H2,1-3H3. The summed E-state index contributed by atoms with van der Waals surface area (Å²) in [5.41, 5.74) is 0.789. The Morgan fingerprint density at radius 2 is 1.95 bits per heavy atom. The van der Waals surface area contributed by atoms with E-state index in [1.165, 1.54) is 11.8 Å². The van der Waals surface area contributed by atoms with E-state index < -0.39 is 0 Å². The van der Waals surface area contributed by atoms with Crippen LogP contribution in [-0.2, 0) is 4.74 Å². The zero-order chi connectivity index (χ0) is 15.1. The number of benzene rings is 1. The maximum absolute atomic E-state index is 5.61. The number of nitrogens with zero attached hydrogens (tertiary/aromatic N) is 2. The quantitative estimate of drug-likeness (QED) is 0.548. The van der Waals surface area contributed by atoms with E-state index in [2.05, 4.69) is 10.2 Å². The highest BCUT2D eigenvalue weighted by atomic mass is 32.2. The fourth-order valence-electron chi connectivity index (χ4n) is 1.69. The lowest BCUT2D eigenvalue weighted by Crippen LogP contribution is -1.95. The molecule has 0 aliphatic carbocycles. The van der Waals surface area contributed by atoms with Crippen molar-refractivity contribution in [1.29, 1.82) is 0 Å². The van der Waals surface area contributed by atoms with Crippen molar-refractivity contribution in [3.05, 3.63) is 18.2 Å². The van der Waals surface area contributed by atoms with Crippen molar-refractivity contribution in [1.82, 2.24) is 10.2 Å². The van der Waals surface area contributed by atoms with Crippen LogP contribution in [0.3, 0.4) is 0 Å². The van der Waals surface area contributed by atoms with Crippen molar-refractivity contribution < 1.29 is 18.6 Å². The molecule has 0 saturated heterocycles. The minimum atomic E-state index is 0.454. The molecule has 1 heterocycles. The molecule has 0 radical (unpaired) electrons. The molecule has 0 unspecified atom stereocenters. The number of hydrogen-bond acceptors (Lipinski definition) is 7. The monoisotopic (exact) mass is 310 g/mol. The van der Waals surface area contributed by atoms with Gasteiger partial charge < -0.3 is 18.6 Å².